The minimum absolute atomic E-state index is 0.168. The summed E-state index contributed by atoms with van der Waals surface area (Å²) in [7, 11) is -4.72. The van der Waals surface area contributed by atoms with Gasteiger partial charge in [-0.05, 0) is 32.1 Å². The molecule has 0 saturated heterocycles. The molecule has 0 heterocycles. The molecule has 0 rings (SSSR count). The highest BCUT2D eigenvalue weighted by molar-refractivity contribution is 7.47. The van der Waals surface area contributed by atoms with E-state index in [9.17, 15) is 23.8 Å². The predicted octanol–water partition coefficient (Wildman–Crippen LogP) is 14.4. The molecule has 0 aromatic rings. The van der Waals surface area contributed by atoms with E-state index in [0.717, 1.165) is 38.5 Å². The lowest BCUT2D eigenvalue weighted by Crippen LogP contribution is -2.34. The first-order chi connectivity index (χ1) is 30.1. The summed E-state index contributed by atoms with van der Waals surface area (Å²) in [4.78, 5) is 46.1. The Balaban J connectivity index is 4.17. The molecule has 0 fully saturated rings. The quantitative estimate of drug-likeness (QED) is 0.0230. The van der Waals surface area contributed by atoms with Crippen LogP contribution in [0.5, 0.6) is 0 Å². The molecule has 62 heavy (non-hydrogen) atoms. The summed E-state index contributed by atoms with van der Waals surface area (Å²) in [5.74, 6) is -2.36. The van der Waals surface area contributed by atoms with Crippen molar-refractivity contribution in [3.05, 3.63) is 12.2 Å². The molecule has 11 nitrogen and oxygen atoms in total. The first kappa shape index (κ1) is 60.2. The number of phosphoric ester groups is 1. The second-order valence-corrected chi connectivity index (χ2v) is 19.1. The topological polar surface area (TPSA) is 172 Å². The highest BCUT2D eigenvalue weighted by Gasteiger charge is 2.28. The lowest BCUT2D eigenvalue weighted by atomic mass is 10.0. The second-order valence-electron chi connectivity index (χ2n) is 17.7. The summed E-state index contributed by atoms with van der Waals surface area (Å²) in [6.45, 7) is 2.82. The average Bonchev–Trinajstić information content (AvgIpc) is 3.25. The van der Waals surface area contributed by atoms with Gasteiger partial charge in [0.25, 0.3) is 0 Å². The predicted molar refractivity (Wildman–Crippen MR) is 254 cm³/mol. The molecule has 0 amide bonds. The van der Waals surface area contributed by atoms with Crippen molar-refractivity contribution < 1.29 is 47.5 Å². The Morgan fingerprint density at radius 2 is 0.823 bits per heavy atom. The van der Waals surface area contributed by atoms with Gasteiger partial charge >= 0.3 is 25.7 Å². The number of aliphatic carboxylic acids is 1. The van der Waals surface area contributed by atoms with Crippen molar-refractivity contribution in [2.45, 2.75) is 270 Å². The van der Waals surface area contributed by atoms with Gasteiger partial charge in [0.1, 0.15) is 12.6 Å². The first-order valence-corrected chi connectivity index (χ1v) is 27.2. The Morgan fingerprint density at radius 1 is 0.484 bits per heavy atom. The number of nitrogens with two attached hydrogens (primary N) is 1. The molecular weight excluding hydrogens is 806 g/mol. The molecule has 0 radical (unpaired) electrons. The molecule has 0 aliphatic rings. The normalized spacial score (nSPS) is 13.6. The minimum atomic E-state index is -4.72. The van der Waals surface area contributed by atoms with Crippen molar-refractivity contribution in [2.75, 3.05) is 19.8 Å². The number of phosphoric acid groups is 1. The fraction of sp³-hybridized carbons (Fsp3) is 0.900. The second kappa shape index (κ2) is 45.8. The van der Waals surface area contributed by atoms with E-state index < -0.39 is 51.1 Å². The molecule has 0 saturated carbocycles. The number of ether oxygens (including phenoxy) is 2. The third-order valence-electron chi connectivity index (χ3n) is 11.5. The Hall–Kier alpha value is -1.78. The average molecular weight is 902 g/mol. The maximum absolute atomic E-state index is 12.7. The first-order valence-electron chi connectivity index (χ1n) is 25.7. The van der Waals surface area contributed by atoms with Crippen LogP contribution in [0.3, 0.4) is 0 Å². The van der Waals surface area contributed by atoms with Gasteiger partial charge in [0.15, 0.2) is 6.10 Å². The standard InChI is InChI=1S/C50H96NO10P/c1-3-5-7-9-11-13-15-17-19-20-21-22-23-24-25-26-28-30-32-34-36-38-40-42-49(53)61-46(44-59-62(56,57)60-45-47(51)50(54)55)43-58-48(52)41-39-37-35-33-31-29-27-18-16-14-12-10-8-6-4-2/h10,12,46-47H,3-9,11,13-45,51H2,1-2H3,(H,54,55)(H,56,57)/b12-10+/t46-,47-/m0/s1. The van der Waals surface area contributed by atoms with Gasteiger partial charge in [-0.2, -0.15) is 0 Å². The molecule has 1 unspecified atom stereocenters. The van der Waals surface area contributed by atoms with E-state index in [0.29, 0.717) is 12.8 Å². The lowest BCUT2D eigenvalue weighted by molar-refractivity contribution is -0.161. The van der Waals surface area contributed by atoms with Crippen LogP contribution >= 0.6 is 7.82 Å². The molecule has 366 valence electrons. The molecule has 0 aromatic heterocycles. The number of carbonyl (C=O) groups is 3. The molecule has 0 aliphatic heterocycles. The van der Waals surface area contributed by atoms with Crippen LogP contribution in [0, 0.1) is 0 Å². The van der Waals surface area contributed by atoms with Crippen LogP contribution in [0.15, 0.2) is 12.2 Å². The van der Waals surface area contributed by atoms with E-state index >= 15 is 0 Å². The number of carboxylic acid groups (broad SMARTS) is 1. The molecule has 0 spiro atoms. The summed E-state index contributed by atoms with van der Waals surface area (Å²) in [5.41, 5.74) is 5.35. The maximum atomic E-state index is 12.7. The molecule has 4 N–H and O–H groups in total. The maximum Gasteiger partial charge on any atom is 0.472 e. The van der Waals surface area contributed by atoms with Gasteiger partial charge in [0.2, 0.25) is 0 Å². The van der Waals surface area contributed by atoms with Gasteiger partial charge in [0.05, 0.1) is 13.2 Å². The summed E-state index contributed by atoms with van der Waals surface area (Å²) >= 11 is 0. The van der Waals surface area contributed by atoms with E-state index in [2.05, 4.69) is 30.5 Å². The van der Waals surface area contributed by atoms with Crippen LogP contribution < -0.4 is 5.73 Å². The highest BCUT2D eigenvalue weighted by Crippen LogP contribution is 2.43. The van der Waals surface area contributed by atoms with Crippen molar-refractivity contribution in [1.82, 2.24) is 0 Å². The number of hydrogen-bond donors (Lipinski definition) is 3. The molecular formula is C50H96NO10P. The van der Waals surface area contributed by atoms with E-state index in [1.165, 1.54) is 180 Å². The molecule has 3 atom stereocenters. The van der Waals surface area contributed by atoms with Crippen molar-refractivity contribution in [1.29, 1.82) is 0 Å². The number of hydrogen-bond acceptors (Lipinski definition) is 9. The van der Waals surface area contributed by atoms with Crippen LogP contribution in [-0.2, 0) is 37.5 Å². The minimum Gasteiger partial charge on any atom is -0.480 e. The number of allylic oxidation sites excluding steroid dienone is 2. The number of rotatable bonds is 49. The van der Waals surface area contributed by atoms with Crippen LogP contribution in [-0.4, -0.2) is 59.9 Å². The van der Waals surface area contributed by atoms with Gasteiger partial charge in [-0.1, -0.05) is 225 Å². The van der Waals surface area contributed by atoms with Gasteiger partial charge in [-0.3, -0.25) is 23.4 Å². The Morgan fingerprint density at radius 3 is 1.23 bits per heavy atom. The van der Waals surface area contributed by atoms with Crippen LogP contribution in [0.4, 0.5) is 0 Å². The lowest BCUT2D eigenvalue weighted by Gasteiger charge is -2.20. The molecule has 0 aliphatic carbocycles. The number of carbonyl (C=O) groups excluding carboxylic acids is 2. The Kier molecular flexibility index (Phi) is 44.5. The summed E-state index contributed by atoms with van der Waals surface area (Å²) in [6.07, 6.45) is 48.5. The highest BCUT2D eigenvalue weighted by atomic mass is 31.2. The fourth-order valence-corrected chi connectivity index (χ4v) is 8.24. The van der Waals surface area contributed by atoms with Crippen LogP contribution in [0.2, 0.25) is 0 Å². The van der Waals surface area contributed by atoms with Crippen molar-refractivity contribution in [2.24, 2.45) is 5.73 Å². The van der Waals surface area contributed by atoms with E-state index in [4.69, 9.17) is 24.8 Å². The largest absolute Gasteiger partial charge is 0.480 e. The summed E-state index contributed by atoms with van der Waals surface area (Å²) in [6, 6.07) is -1.52. The summed E-state index contributed by atoms with van der Waals surface area (Å²) < 4.78 is 32.8. The zero-order chi connectivity index (χ0) is 45.6. The van der Waals surface area contributed by atoms with Gasteiger partial charge in [0, 0.05) is 12.8 Å². The number of carboxylic acids is 1. The third kappa shape index (κ3) is 44.8. The van der Waals surface area contributed by atoms with Crippen LogP contribution in [0.1, 0.15) is 258 Å². The van der Waals surface area contributed by atoms with Crippen molar-refractivity contribution in [3.8, 4) is 0 Å². The molecule has 0 bridgehead atoms. The van der Waals surface area contributed by atoms with Gasteiger partial charge in [-0.15, -0.1) is 0 Å². The molecule has 0 aromatic carbocycles. The fourth-order valence-electron chi connectivity index (χ4n) is 7.46. The van der Waals surface area contributed by atoms with E-state index in [-0.39, 0.29) is 19.4 Å². The van der Waals surface area contributed by atoms with Crippen molar-refractivity contribution in [3.63, 3.8) is 0 Å². The number of esters is 2. The smallest absolute Gasteiger partial charge is 0.472 e. The Labute approximate surface area is 379 Å². The zero-order valence-electron chi connectivity index (χ0n) is 40.0. The van der Waals surface area contributed by atoms with Gasteiger partial charge < -0.3 is 25.2 Å². The summed E-state index contributed by atoms with van der Waals surface area (Å²) in [5, 5.41) is 8.92. The van der Waals surface area contributed by atoms with Crippen molar-refractivity contribution >= 4 is 25.7 Å². The van der Waals surface area contributed by atoms with Gasteiger partial charge in [-0.25, -0.2) is 4.57 Å². The third-order valence-corrected chi connectivity index (χ3v) is 12.5. The Bertz CT molecular complexity index is 1110. The van der Waals surface area contributed by atoms with E-state index in [1.54, 1.807) is 0 Å². The van der Waals surface area contributed by atoms with Crippen LogP contribution in [0.25, 0.3) is 0 Å². The monoisotopic (exact) mass is 902 g/mol. The van der Waals surface area contributed by atoms with E-state index in [1.807, 2.05) is 0 Å². The number of unbranched alkanes of at least 4 members (excludes halogenated alkanes) is 33. The molecule has 12 heteroatoms. The SMILES string of the molecule is CCCC/C=C/CCCCCCCCCCCC(=O)OC[C@@H](COP(=O)(O)OC[C@H](N)C(=O)O)OC(=O)CCCCCCCCCCCCCCCCCCCCCCCCC. The zero-order valence-corrected chi connectivity index (χ0v) is 40.9.